The number of oxime groups is 1. The van der Waals surface area contributed by atoms with E-state index < -0.39 is 0 Å². The van der Waals surface area contributed by atoms with Crippen LogP contribution >= 0.6 is 0 Å². The lowest BCUT2D eigenvalue weighted by atomic mass is 9.96. The Morgan fingerprint density at radius 2 is 1.87 bits per heavy atom. The second-order valence-electron chi connectivity index (χ2n) is 6.60. The van der Waals surface area contributed by atoms with Gasteiger partial charge in [-0.2, -0.15) is 0 Å². The first-order chi connectivity index (χ1) is 11.0. The van der Waals surface area contributed by atoms with Crippen LogP contribution in [-0.4, -0.2) is 24.9 Å². The monoisotopic (exact) mass is 322 g/mol. The van der Waals surface area contributed by atoms with E-state index in [-0.39, 0.29) is 11.4 Å². The molecular formula is C19H31FN2O. The molecule has 3 nitrogen and oxygen atoms in total. The summed E-state index contributed by atoms with van der Waals surface area (Å²) in [6.45, 7) is 7.68. The number of hydrogen-bond donors (Lipinski definition) is 1. The number of hydrogen-bond acceptors (Lipinski definition) is 3. The number of benzene rings is 1. The molecule has 0 heterocycles. The lowest BCUT2D eigenvalue weighted by Gasteiger charge is -2.26. The lowest BCUT2D eigenvalue weighted by Crippen LogP contribution is -2.39. The van der Waals surface area contributed by atoms with Crippen LogP contribution in [0.2, 0.25) is 0 Å². The van der Waals surface area contributed by atoms with Crippen LogP contribution in [0.5, 0.6) is 0 Å². The molecule has 0 bridgehead atoms. The summed E-state index contributed by atoms with van der Waals surface area (Å²) in [5.74, 6) is -0.235. The summed E-state index contributed by atoms with van der Waals surface area (Å²) in [6.07, 6.45) is 6.78. The largest absolute Gasteiger partial charge is 0.399 e. The molecule has 0 spiro atoms. The predicted molar refractivity (Wildman–Crippen MR) is 95.4 cm³/mol. The van der Waals surface area contributed by atoms with Crippen LogP contribution < -0.4 is 5.32 Å². The van der Waals surface area contributed by atoms with E-state index in [2.05, 4.69) is 31.2 Å². The van der Waals surface area contributed by atoms with Crippen LogP contribution in [0.1, 0.15) is 64.9 Å². The van der Waals surface area contributed by atoms with E-state index in [1.54, 1.807) is 19.2 Å². The Morgan fingerprint density at radius 3 is 2.48 bits per heavy atom. The maximum Gasteiger partial charge on any atom is 0.123 e. The summed E-state index contributed by atoms with van der Waals surface area (Å²) >= 11 is 0. The second-order valence-corrected chi connectivity index (χ2v) is 6.60. The highest BCUT2D eigenvalue weighted by Crippen LogP contribution is 2.14. The SMILES string of the molecule is CCCCCC(C)(C)NCCC/C(=N/OC)c1ccc(F)cc1. The van der Waals surface area contributed by atoms with Gasteiger partial charge in [-0.05, 0) is 57.4 Å². The molecule has 0 aliphatic rings. The molecule has 0 radical (unpaired) electrons. The van der Waals surface area contributed by atoms with Gasteiger partial charge in [-0.3, -0.25) is 0 Å². The van der Waals surface area contributed by atoms with Gasteiger partial charge in [0.1, 0.15) is 12.9 Å². The summed E-state index contributed by atoms with van der Waals surface area (Å²) in [6, 6.07) is 6.40. The van der Waals surface area contributed by atoms with Crippen molar-refractivity contribution in [3.63, 3.8) is 0 Å². The smallest absolute Gasteiger partial charge is 0.123 e. The summed E-state index contributed by atoms with van der Waals surface area (Å²) in [7, 11) is 1.54. The van der Waals surface area contributed by atoms with E-state index in [4.69, 9.17) is 4.84 Å². The molecule has 1 aromatic rings. The van der Waals surface area contributed by atoms with Crippen molar-refractivity contribution in [3.8, 4) is 0 Å². The summed E-state index contributed by atoms with van der Waals surface area (Å²) in [4.78, 5) is 4.93. The number of unbranched alkanes of at least 4 members (excludes halogenated alkanes) is 2. The number of nitrogens with zero attached hydrogens (tertiary/aromatic N) is 1. The van der Waals surface area contributed by atoms with Gasteiger partial charge in [-0.25, -0.2) is 4.39 Å². The number of rotatable bonds is 11. The van der Waals surface area contributed by atoms with Gasteiger partial charge >= 0.3 is 0 Å². The Labute approximate surface area is 140 Å². The van der Waals surface area contributed by atoms with Crippen LogP contribution in [0.3, 0.4) is 0 Å². The minimum atomic E-state index is -0.235. The van der Waals surface area contributed by atoms with Gasteiger partial charge in [0.2, 0.25) is 0 Å². The summed E-state index contributed by atoms with van der Waals surface area (Å²) in [5.41, 5.74) is 1.94. The highest BCUT2D eigenvalue weighted by Gasteiger charge is 2.15. The average molecular weight is 322 g/mol. The Bertz CT molecular complexity index is 469. The number of halogens is 1. The standard InChI is InChI=1S/C19H31FN2O/c1-5-6-7-14-19(2,3)21-15-8-9-18(22-23-4)16-10-12-17(20)13-11-16/h10-13,21H,5-9,14-15H2,1-4H3/b22-18-. The molecule has 0 saturated carbocycles. The van der Waals surface area contributed by atoms with E-state index in [0.717, 1.165) is 30.7 Å². The van der Waals surface area contributed by atoms with Gasteiger partial charge in [-0.1, -0.05) is 43.5 Å². The van der Waals surface area contributed by atoms with Gasteiger partial charge < -0.3 is 10.2 Å². The highest BCUT2D eigenvalue weighted by molar-refractivity contribution is 6.00. The van der Waals surface area contributed by atoms with E-state index in [9.17, 15) is 4.39 Å². The average Bonchev–Trinajstić information content (AvgIpc) is 2.51. The van der Waals surface area contributed by atoms with E-state index in [1.807, 2.05) is 0 Å². The fourth-order valence-corrected chi connectivity index (χ4v) is 2.58. The van der Waals surface area contributed by atoms with Crippen molar-refractivity contribution in [1.29, 1.82) is 0 Å². The van der Waals surface area contributed by atoms with Gasteiger partial charge in [0.15, 0.2) is 0 Å². The molecule has 0 aromatic heterocycles. The zero-order chi connectivity index (χ0) is 17.1. The topological polar surface area (TPSA) is 33.6 Å². The van der Waals surface area contributed by atoms with Crippen LogP contribution in [-0.2, 0) is 4.84 Å². The van der Waals surface area contributed by atoms with Crippen LogP contribution in [0, 0.1) is 5.82 Å². The molecule has 1 N–H and O–H groups in total. The molecule has 23 heavy (non-hydrogen) atoms. The molecule has 0 saturated heterocycles. The summed E-state index contributed by atoms with van der Waals surface area (Å²) in [5, 5.41) is 7.71. The molecule has 4 heteroatoms. The molecule has 0 atom stereocenters. The first-order valence-electron chi connectivity index (χ1n) is 8.59. The van der Waals surface area contributed by atoms with Crippen molar-refractivity contribution in [2.45, 2.75) is 64.8 Å². The van der Waals surface area contributed by atoms with Gasteiger partial charge in [0.05, 0.1) is 5.71 Å². The minimum absolute atomic E-state index is 0.170. The quantitative estimate of drug-likeness (QED) is 0.357. The lowest BCUT2D eigenvalue weighted by molar-refractivity contribution is 0.212. The molecule has 0 aliphatic heterocycles. The Hall–Kier alpha value is -1.42. The Balaban J connectivity index is 2.42. The predicted octanol–water partition coefficient (Wildman–Crippen LogP) is 4.90. The van der Waals surface area contributed by atoms with Crippen molar-refractivity contribution >= 4 is 5.71 Å². The zero-order valence-corrected chi connectivity index (χ0v) is 15.0. The van der Waals surface area contributed by atoms with E-state index in [0.29, 0.717) is 0 Å². The van der Waals surface area contributed by atoms with Gasteiger partial charge in [-0.15, -0.1) is 0 Å². The van der Waals surface area contributed by atoms with Crippen LogP contribution in [0.25, 0.3) is 0 Å². The maximum absolute atomic E-state index is 13.0. The minimum Gasteiger partial charge on any atom is -0.399 e. The normalized spacial score (nSPS) is 12.5. The van der Waals surface area contributed by atoms with Gasteiger partial charge in [0.25, 0.3) is 0 Å². The molecule has 0 unspecified atom stereocenters. The Kier molecular flexibility index (Phi) is 8.85. The van der Waals surface area contributed by atoms with Crippen molar-refractivity contribution in [1.82, 2.24) is 5.32 Å². The first kappa shape index (κ1) is 19.6. The third-order valence-corrected chi connectivity index (χ3v) is 3.98. The van der Waals surface area contributed by atoms with Crippen molar-refractivity contribution in [2.75, 3.05) is 13.7 Å². The Morgan fingerprint density at radius 1 is 1.17 bits per heavy atom. The van der Waals surface area contributed by atoms with Crippen molar-refractivity contribution in [3.05, 3.63) is 35.6 Å². The van der Waals surface area contributed by atoms with E-state index in [1.165, 1.54) is 37.8 Å². The van der Waals surface area contributed by atoms with Gasteiger partial charge in [0, 0.05) is 5.54 Å². The molecular weight excluding hydrogens is 291 g/mol. The fraction of sp³-hybridized carbons (Fsp3) is 0.632. The van der Waals surface area contributed by atoms with Crippen LogP contribution in [0.15, 0.2) is 29.4 Å². The van der Waals surface area contributed by atoms with E-state index >= 15 is 0 Å². The zero-order valence-electron chi connectivity index (χ0n) is 15.0. The fourth-order valence-electron chi connectivity index (χ4n) is 2.58. The molecule has 1 rings (SSSR count). The third-order valence-electron chi connectivity index (χ3n) is 3.98. The van der Waals surface area contributed by atoms with Crippen molar-refractivity contribution in [2.24, 2.45) is 5.16 Å². The molecule has 0 aliphatic carbocycles. The number of nitrogens with one attached hydrogen (secondary N) is 1. The molecule has 0 amide bonds. The highest BCUT2D eigenvalue weighted by atomic mass is 19.1. The molecule has 0 fully saturated rings. The molecule has 130 valence electrons. The maximum atomic E-state index is 13.0. The molecule has 1 aromatic carbocycles. The summed E-state index contributed by atoms with van der Waals surface area (Å²) < 4.78 is 13.0. The van der Waals surface area contributed by atoms with Crippen molar-refractivity contribution < 1.29 is 9.23 Å². The van der Waals surface area contributed by atoms with Crippen LogP contribution in [0.4, 0.5) is 4.39 Å². The second kappa shape index (κ2) is 10.4. The first-order valence-corrected chi connectivity index (χ1v) is 8.59. The third kappa shape index (κ3) is 8.12.